The molecule has 0 fully saturated rings. The van der Waals surface area contributed by atoms with Gasteiger partial charge in [-0.1, -0.05) is 11.2 Å². The van der Waals surface area contributed by atoms with E-state index in [0.717, 1.165) is 29.7 Å². The Morgan fingerprint density at radius 3 is 3.06 bits per heavy atom. The van der Waals surface area contributed by atoms with Crippen molar-refractivity contribution in [2.45, 2.75) is 0 Å². The van der Waals surface area contributed by atoms with Crippen LogP contribution in [-0.4, -0.2) is 30.2 Å². The molecule has 0 unspecified atom stereocenters. The molecule has 3 rings (SSSR count). The average Bonchev–Trinajstić information content (AvgIpc) is 2.83. The van der Waals surface area contributed by atoms with Crippen molar-refractivity contribution >= 4 is 16.5 Å². The molecule has 0 N–H and O–H groups in total. The van der Waals surface area contributed by atoms with Gasteiger partial charge in [-0.05, 0) is 24.8 Å². The van der Waals surface area contributed by atoms with E-state index in [1.54, 1.807) is 6.07 Å². The molecule has 0 aliphatic carbocycles. The third kappa shape index (κ3) is 1.42. The molecule has 4 heteroatoms. The lowest BCUT2D eigenvalue weighted by Gasteiger charge is -2.05. The van der Waals surface area contributed by atoms with Crippen LogP contribution in [0.4, 0.5) is 4.39 Å². The third-order valence-electron chi connectivity index (χ3n) is 2.83. The molecule has 0 radical (unpaired) electrons. The summed E-state index contributed by atoms with van der Waals surface area (Å²) in [4.78, 5) is 2.18. The third-order valence-corrected chi connectivity index (χ3v) is 2.83. The van der Waals surface area contributed by atoms with Crippen molar-refractivity contribution in [2.24, 2.45) is 0 Å². The highest BCUT2D eigenvalue weighted by Crippen LogP contribution is 2.27. The number of hydrogen-bond donors (Lipinski definition) is 0. The molecule has 3 nitrogen and oxygen atoms in total. The number of fused-ring (bicyclic) bond motifs is 1. The number of rotatable bonds is 1. The van der Waals surface area contributed by atoms with Crippen LogP contribution in [0.1, 0.15) is 5.69 Å². The molecule has 0 saturated heterocycles. The predicted octanol–water partition coefficient (Wildman–Crippen LogP) is 2.30. The maximum Gasteiger partial charge on any atom is 0.170 e. The summed E-state index contributed by atoms with van der Waals surface area (Å²) in [5.41, 5.74) is 2.48. The fourth-order valence-electron chi connectivity index (χ4n) is 2.00. The molecule has 1 aliphatic rings. The molecule has 0 bridgehead atoms. The Balaban J connectivity index is 2.11. The number of halogens is 1. The van der Waals surface area contributed by atoms with Gasteiger partial charge in [0.2, 0.25) is 0 Å². The first kappa shape index (κ1) is 9.54. The van der Waals surface area contributed by atoms with Gasteiger partial charge >= 0.3 is 0 Å². The van der Waals surface area contributed by atoms with Gasteiger partial charge in [0.1, 0.15) is 11.5 Å². The summed E-state index contributed by atoms with van der Waals surface area (Å²) in [5, 5.41) is 4.89. The highest BCUT2D eigenvalue weighted by atomic mass is 19.1. The van der Waals surface area contributed by atoms with Gasteiger partial charge in [-0.2, -0.15) is 0 Å². The SMILES string of the molecule is CN1CC=C(c2noc3cc(F)ccc23)C1. The van der Waals surface area contributed by atoms with E-state index in [-0.39, 0.29) is 5.82 Å². The molecule has 2 heterocycles. The van der Waals surface area contributed by atoms with E-state index >= 15 is 0 Å². The Kier molecular flexibility index (Phi) is 2.04. The number of likely N-dealkylation sites (N-methyl/N-ethyl adjacent to an activating group) is 1. The second-order valence-electron chi connectivity index (χ2n) is 4.10. The highest BCUT2D eigenvalue weighted by Gasteiger charge is 2.18. The minimum atomic E-state index is -0.298. The van der Waals surface area contributed by atoms with Gasteiger partial charge in [0.25, 0.3) is 0 Å². The minimum Gasteiger partial charge on any atom is -0.356 e. The van der Waals surface area contributed by atoms with Crippen molar-refractivity contribution in [1.82, 2.24) is 10.1 Å². The number of nitrogens with zero attached hydrogens (tertiary/aromatic N) is 2. The maximum atomic E-state index is 13.0. The highest BCUT2D eigenvalue weighted by molar-refractivity contribution is 5.89. The van der Waals surface area contributed by atoms with Crippen LogP contribution in [0, 0.1) is 5.82 Å². The summed E-state index contributed by atoms with van der Waals surface area (Å²) >= 11 is 0. The van der Waals surface area contributed by atoms with Gasteiger partial charge < -0.3 is 4.52 Å². The lowest BCUT2D eigenvalue weighted by atomic mass is 10.1. The molecule has 0 saturated carbocycles. The molecule has 16 heavy (non-hydrogen) atoms. The van der Waals surface area contributed by atoms with E-state index in [1.807, 2.05) is 7.05 Å². The number of aromatic nitrogens is 1. The fraction of sp³-hybridized carbons (Fsp3) is 0.250. The summed E-state index contributed by atoms with van der Waals surface area (Å²) in [7, 11) is 2.05. The fourth-order valence-corrected chi connectivity index (χ4v) is 2.00. The second-order valence-corrected chi connectivity index (χ2v) is 4.10. The van der Waals surface area contributed by atoms with Gasteiger partial charge in [-0.25, -0.2) is 4.39 Å². The summed E-state index contributed by atoms with van der Waals surface area (Å²) in [6, 6.07) is 4.52. The van der Waals surface area contributed by atoms with Crippen molar-refractivity contribution in [3.63, 3.8) is 0 Å². The van der Waals surface area contributed by atoms with Crippen LogP contribution in [0.2, 0.25) is 0 Å². The summed E-state index contributed by atoms with van der Waals surface area (Å²) in [6.07, 6.45) is 2.13. The molecule has 82 valence electrons. The van der Waals surface area contributed by atoms with E-state index in [0.29, 0.717) is 5.58 Å². The lowest BCUT2D eigenvalue weighted by molar-refractivity contribution is 0.434. The minimum absolute atomic E-state index is 0.298. The van der Waals surface area contributed by atoms with E-state index in [9.17, 15) is 4.39 Å². The molecule has 1 aliphatic heterocycles. The largest absolute Gasteiger partial charge is 0.356 e. The summed E-state index contributed by atoms with van der Waals surface area (Å²) in [5.74, 6) is -0.298. The monoisotopic (exact) mass is 218 g/mol. The van der Waals surface area contributed by atoms with Crippen LogP contribution >= 0.6 is 0 Å². The number of benzene rings is 1. The quantitative estimate of drug-likeness (QED) is 0.735. The summed E-state index contributed by atoms with van der Waals surface area (Å²) < 4.78 is 18.1. The van der Waals surface area contributed by atoms with Gasteiger partial charge in [0.15, 0.2) is 5.58 Å². The Morgan fingerprint density at radius 1 is 1.44 bits per heavy atom. The molecular formula is C12H11FN2O. The average molecular weight is 218 g/mol. The van der Waals surface area contributed by atoms with Crippen LogP contribution in [0.15, 0.2) is 28.8 Å². The van der Waals surface area contributed by atoms with Crippen LogP contribution < -0.4 is 0 Å². The molecule has 1 aromatic heterocycles. The Labute approximate surface area is 92.1 Å². The first-order valence-electron chi connectivity index (χ1n) is 5.17. The smallest absolute Gasteiger partial charge is 0.170 e. The van der Waals surface area contributed by atoms with Gasteiger partial charge in [-0.3, -0.25) is 4.90 Å². The van der Waals surface area contributed by atoms with E-state index in [2.05, 4.69) is 16.1 Å². The van der Waals surface area contributed by atoms with E-state index < -0.39 is 0 Å². The molecule has 0 atom stereocenters. The standard InChI is InChI=1S/C12H11FN2O/c1-15-5-4-8(7-15)12-10-3-2-9(13)6-11(10)16-14-12/h2-4,6H,5,7H2,1H3. The van der Waals surface area contributed by atoms with Crippen LogP contribution in [0.5, 0.6) is 0 Å². The maximum absolute atomic E-state index is 13.0. The molecule has 2 aromatic rings. The zero-order chi connectivity index (χ0) is 11.1. The summed E-state index contributed by atoms with van der Waals surface area (Å²) in [6.45, 7) is 1.78. The van der Waals surface area contributed by atoms with Gasteiger partial charge in [0.05, 0.1) is 0 Å². The van der Waals surface area contributed by atoms with Gasteiger partial charge in [0, 0.05) is 24.5 Å². The second kappa shape index (κ2) is 3.42. The van der Waals surface area contributed by atoms with Crippen molar-refractivity contribution in [2.75, 3.05) is 20.1 Å². The normalized spacial score (nSPS) is 17.0. The van der Waals surface area contributed by atoms with Crippen molar-refractivity contribution in [3.8, 4) is 0 Å². The topological polar surface area (TPSA) is 29.3 Å². The molecule has 0 spiro atoms. The zero-order valence-corrected chi connectivity index (χ0v) is 8.90. The van der Waals surface area contributed by atoms with Crippen LogP contribution in [0.25, 0.3) is 16.5 Å². The van der Waals surface area contributed by atoms with Crippen molar-refractivity contribution < 1.29 is 8.91 Å². The van der Waals surface area contributed by atoms with Gasteiger partial charge in [-0.15, -0.1) is 0 Å². The van der Waals surface area contributed by atoms with Crippen molar-refractivity contribution in [1.29, 1.82) is 0 Å². The molecule has 0 amide bonds. The van der Waals surface area contributed by atoms with Crippen LogP contribution in [-0.2, 0) is 0 Å². The number of hydrogen-bond acceptors (Lipinski definition) is 3. The predicted molar refractivity (Wildman–Crippen MR) is 59.4 cm³/mol. The first-order chi connectivity index (χ1) is 7.74. The Bertz CT molecular complexity index is 573. The van der Waals surface area contributed by atoms with E-state index in [1.165, 1.54) is 12.1 Å². The Morgan fingerprint density at radius 2 is 2.31 bits per heavy atom. The Hall–Kier alpha value is -1.68. The lowest BCUT2D eigenvalue weighted by Crippen LogP contribution is -2.13. The zero-order valence-electron chi connectivity index (χ0n) is 8.90. The van der Waals surface area contributed by atoms with E-state index in [4.69, 9.17) is 4.52 Å². The molecular weight excluding hydrogens is 207 g/mol. The van der Waals surface area contributed by atoms with Crippen molar-refractivity contribution in [3.05, 3.63) is 35.8 Å². The molecule has 1 aromatic carbocycles. The first-order valence-corrected chi connectivity index (χ1v) is 5.17. The van der Waals surface area contributed by atoms with Crippen LogP contribution in [0.3, 0.4) is 0 Å².